The third kappa shape index (κ3) is 4.67. The van der Waals surface area contributed by atoms with Crippen LogP contribution in [0.5, 0.6) is 11.6 Å². The van der Waals surface area contributed by atoms with Crippen molar-refractivity contribution in [2.75, 3.05) is 11.8 Å². The second-order valence-electron chi connectivity index (χ2n) is 6.88. The number of amides is 1. The number of halogens is 1. The van der Waals surface area contributed by atoms with E-state index >= 15 is 0 Å². The largest absolute Gasteiger partial charge is 0.497 e. The molecule has 4 rings (SSSR count). The highest BCUT2D eigenvalue weighted by Crippen LogP contribution is 2.35. The van der Waals surface area contributed by atoms with Crippen molar-refractivity contribution in [1.82, 2.24) is 4.98 Å². The number of hydrogen-bond acceptors (Lipinski definition) is 6. The van der Waals surface area contributed by atoms with Crippen molar-refractivity contribution >= 4 is 38.2 Å². The van der Waals surface area contributed by atoms with Crippen LogP contribution in [0.3, 0.4) is 0 Å². The molecule has 0 radical (unpaired) electrons. The molecular weight excluding hydrogens is 451 g/mol. The molecule has 33 heavy (non-hydrogen) atoms. The molecule has 0 atom stereocenters. The van der Waals surface area contributed by atoms with E-state index in [1.807, 2.05) is 0 Å². The molecule has 0 spiro atoms. The molecule has 0 aliphatic rings. The number of aromatic hydroxyl groups is 1. The molecule has 168 valence electrons. The van der Waals surface area contributed by atoms with Crippen LogP contribution in [-0.4, -0.2) is 31.5 Å². The van der Waals surface area contributed by atoms with Crippen molar-refractivity contribution in [1.29, 1.82) is 0 Å². The maximum Gasteiger partial charge on any atom is 0.295 e. The average Bonchev–Trinajstić information content (AvgIpc) is 3.12. The molecule has 0 unspecified atom stereocenters. The number of sulfonamides is 1. The van der Waals surface area contributed by atoms with Crippen molar-refractivity contribution in [2.24, 2.45) is 10.2 Å². The number of benzene rings is 3. The van der Waals surface area contributed by atoms with Crippen LogP contribution in [0.25, 0.3) is 10.9 Å². The van der Waals surface area contributed by atoms with Gasteiger partial charge in [0, 0.05) is 16.6 Å². The van der Waals surface area contributed by atoms with Crippen LogP contribution in [0, 0.1) is 5.82 Å². The summed E-state index contributed by atoms with van der Waals surface area (Å²) in [6, 6.07) is 15.3. The van der Waals surface area contributed by atoms with E-state index < -0.39 is 21.7 Å². The van der Waals surface area contributed by atoms with Gasteiger partial charge in [0.2, 0.25) is 5.88 Å². The van der Waals surface area contributed by atoms with Gasteiger partial charge in [0.15, 0.2) is 5.69 Å². The minimum Gasteiger partial charge on any atom is -0.497 e. The number of H-pyrrole nitrogens is 1. The molecule has 1 aromatic heterocycles. The minimum absolute atomic E-state index is 0.0399. The van der Waals surface area contributed by atoms with E-state index in [1.165, 1.54) is 49.6 Å². The first-order valence-electron chi connectivity index (χ1n) is 9.50. The third-order valence-electron chi connectivity index (χ3n) is 4.69. The molecule has 0 saturated carbocycles. The van der Waals surface area contributed by atoms with Crippen LogP contribution >= 0.6 is 0 Å². The Bertz CT molecular complexity index is 1480. The lowest BCUT2D eigenvalue weighted by Crippen LogP contribution is -2.13. The van der Waals surface area contributed by atoms with Gasteiger partial charge in [-0.2, -0.15) is 0 Å². The van der Waals surface area contributed by atoms with Crippen molar-refractivity contribution in [3.05, 3.63) is 78.1 Å². The zero-order valence-corrected chi connectivity index (χ0v) is 17.9. The van der Waals surface area contributed by atoms with Gasteiger partial charge in [-0.15, -0.1) is 10.2 Å². The molecule has 9 nitrogen and oxygen atoms in total. The SMILES string of the molecule is COc1ccc(NS(=O)(=O)c2cccc(C(=O)N=Nc3c(O)[nH]c4ccc(F)cc34)c2)cc1. The van der Waals surface area contributed by atoms with Crippen LogP contribution in [0.15, 0.2) is 81.9 Å². The standard InChI is InChI=1S/C22H17FN4O5S/c1-32-16-8-6-15(7-9-16)27-33(30,31)17-4-2-3-13(11-17)21(28)26-25-20-18-12-14(23)5-10-19(18)24-22(20)29/h2-12,24,27,29H,1H3. The molecule has 0 fully saturated rings. The predicted octanol–water partition coefficient (Wildman–Crippen LogP) is 4.75. The Morgan fingerprint density at radius 3 is 2.58 bits per heavy atom. The van der Waals surface area contributed by atoms with Crippen LogP contribution in [0.2, 0.25) is 0 Å². The van der Waals surface area contributed by atoms with Crippen molar-refractivity contribution in [2.45, 2.75) is 4.90 Å². The first kappa shape index (κ1) is 22.0. The molecule has 1 heterocycles. The van der Waals surface area contributed by atoms with Gasteiger partial charge < -0.3 is 14.8 Å². The van der Waals surface area contributed by atoms with Gasteiger partial charge in [0.1, 0.15) is 11.6 Å². The van der Waals surface area contributed by atoms with Crippen LogP contribution in [0.4, 0.5) is 15.8 Å². The quantitative estimate of drug-likeness (QED) is 0.351. The summed E-state index contributed by atoms with van der Waals surface area (Å²) in [4.78, 5) is 15.0. The summed E-state index contributed by atoms with van der Waals surface area (Å²) in [7, 11) is -2.49. The number of fused-ring (bicyclic) bond motifs is 1. The van der Waals surface area contributed by atoms with Gasteiger partial charge in [-0.05, 0) is 60.7 Å². The van der Waals surface area contributed by atoms with Gasteiger partial charge in [-0.25, -0.2) is 12.8 Å². The Hall–Kier alpha value is -4.25. The Balaban J connectivity index is 1.57. The van der Waals surface area contributed by atoms with Gasteiger partial charge in [0.05, 0.1) is 17.5 Å². The lowest BCUT2D eigenvalue weighted by Gasteiger charge is -2.09. The van der Waals surface area contributed by atoms with Gasteiger partial charge >= 0.3 is 0 Å². The van der Waals surface area contributed by atoms with E-state index in [0.717, 1.165) is 12.1 Å². The molecule has 0 saturated heterocycles. The second kappa shape index (κ2) is 8.71. The van der Waals surface area contributed by atoms with E-state index in [2.05, 4.69) is 19.9 Å². The fourth-order valence-corrected chi connectivity index (χ4v) is 4.16. The second-order valence-corrected chi connectivity index (χ2v) is 8.56. The monoisotopic (exact) mass is 468 g/mol. The zero-order chi connectivity index (χ0) is 23.6. The lowest BCUT2D eigenvalue weighted by atomic mass is 10.2. The summed E-state index contributed by atoms with van der Waals surface area (Å²) in [5, 5.41) is 17.5. The number of anilines is 1. The number of azo groups is 1. The highest BCUT2D eigenvalue weighted by atomic mass is 32.2. The fourth-order valence-electron chi connectivity index (χ4n) is 3.06. The van der Waals surface area contributed by atoms with Crippen LogP contribution in [-0.2, 0) is 10.0 Å². The number of nitrogens with one attached hydrogen (secondary N) is 2. The number of aromatic amines is 1. The normalized spacial score (nSPS) is 11.7. The maximum atomic E-state index is 13.5. The fraction of sp³-hybridized carbons (Fsp3) is 0.0455. The minimum atomic E-state index is -3.99. The van der Waals surface area contributed by atoms with E-state index in [0.29, 0.717) is 17.0 Å². The summed E-state index contributed by atoms with van der Waals surface area (Å²) in [5.74, 6) is -1.21. The van der Waals surface area contributed by atoms with Gasteiger partial charge in [-0.1, -0.05) is 6.07 Å². The third-order valence-corrected chi connectivity index (χ3v) is 6.07. The van der Waals surface area contributed by atoms with E-state index in [-0.39, 0.29) is 27.4 Å². The first-order valence-corrected chi connectivity index (χ1v) is 11.0. The van der Waals surface area contributed by atoms with E-state index in [9.17, 15) is 22.7 Å². The molecule has 0 aliphatic carbocycles. The summed E-state index contributed by atoms with van der Waals surface area (Å²) < 4.78 is 46.4. The highest BCUT2D eigenvalue weighted by Gasteiger charge is 2.17. The molecule has 0 bridgehead atoms. The number of carbonyl (C=O) groups is 1. The average molecular weight is 468 g/mol. The Labute approximate surface area is 187 Å². The molecule has 1 amide bonds. The number of methoxy groups -OCH3 is 1. The van der Waals surface area contributed by atoms with Crippen LogP contribution < -0.4 is 9.46 Å². The summed E-state index contributed by atoms with van der Waals surface area (Å²) in [5.41, 5.74) is 0.576. The molecule has 3 aromatic carbocycles. The number of hydrogen-bond donors (Lipinski definition) is 3. The molecule has 4 aromatic rings. The number of carbonyl (C=O) groups excluding carboxylic acids is 1. The predicted molar refractivity (Wildman–Crippen MR) is 119 cm³/mol. The molecular formula is C22H17FN4O5S. The summed E-state index contributed by atoms with van der Waals surface area (Å²) >= 11 is 0. The van der Waals surface area contributed by atoms with E-state index in [4.69, 9.17) is 4.74 Å². The van der Waals surface area contributed by atoms with Crippen molar-refractivity contribution < 1.29 is 27.4 Å². The number of ether oxygens (including phenoxy) is 1. The first-order chi connectivity index (χ1) is 15.8. The molecule has 11 heteroatoms. The highest BCUT2D eigenvalue weighted by molar-refractivity contribution is 7.92. The maximum absolute atomic E-state index is 13.5. The zero-order valence-electron chi connectivity index (χ0n) is 17.1. The Morgan fingerprint density at radius 2 is 1.85 bits per heavy atom. The van der Waals surface area contributed by atoms with Crippen molar-refractivity contribution in [3.8, 4) is 11.6 Å². The van der Waals surface area contributed by atoms with E-state index in [1.54, 1.807) is 12.1 Å². The Kier molecular flexibility index (Phi) is 5.80. The van der Waals surface area contributed by atoms with Gasteiger partial charge in [-0.3, -0.25) is 9.52 Å². The Morgan fingerprint density at radius 1 is 1.09 bits per heavy atom. The van der Waals surface area contributed by atoms with Crippen molar-refractivity contribution in [3.63, 3.8) is 0 Å². The smallest absolute Gasteiger partial charge is 0.295 e. The van der Waals surface area contributed by atoms with Crippen LogP contribution in [0.1, 0.15) is 10.4 Å². The summed E-state index contributed by atoms with van der Waals surface area (Å²) in [6.07, 6.45) is 0. The number of rotatable bonds is 6. The molecule has 3 N–H and O–H groups in total. The summed E-state index contributed by atoms with van der Waals surface area (Å²) in [6.45, 7) is 0. The number of nitrogens with zero attached hydrogens (tertiary/aromatic N) is 2. The van der Waals surface area contributed by atoms with Gasteiger partial charge in [0.25, 0.3) is 15.9 Å². The topological polar surface area (TPSA) is 133 Å². The lowest BCUT2D eigenvalue weighted by molar-refractivity contribution is 0.0995. The molecule has 0 aliphatic heterocycles. The number of aromatic nitrogens is 1.